The van der Waals surface area contributed by atoms with Gasteiger partial charge in [-0.3, -0.25) is 14.5 Å². The van der Waals surface area contributed by atoms with Crippen molar-refractivity contribution in [3.8, 4) is 6.07 Å². The van der Waals surface area contributed by atoms with Crippen LogP contribution in [0.15, 0.2) is 24.3 Å². The molecule has 0 radical (unpaired) electrons. The molecule has 2 amide bonds. The third-order valence-corrected chi connectivity index (χ3v) is 4.85. The molecule has 0 aliphatic heterocycles. The molecule has 26 heavy (non-hydrogen) atoms. The van der Waals surface area contributed by atoms with Crippen LogP contribution in [0, 0.1) is 11.3 Å². The van der Waals surface area contributed by atoms with Gasteiger partial charge in [0.25, 0.3) is 0 Å². The second kappa shape index (κ2) is 9.56. The molecule has 140 valence electrons. The number of carbonyl (C=O) groups is 2. The molecule has 1 saturated carbocycles. The van der Waals surface area contributed by atoms with E-state index in [9.17, 15) is 14.9 Å². The summed E-state index contributed by atoms with van der Waals surface area (Å²) in [4.78, 5) is 26.1. The topological polar surface area (TPSA) is 85.2 Å². The van der Waals surface area contributed by atoms with Crippen LogP contribution in [0.2, 0.25) is 5.02 Å². The third-order valence-electron chi connectivity index (χ3n) is 4.52. The van der Waals surface area contributed by atoms with Crippen molar-refractivity contribution in [3.63, 3.8) is 0 Å². The number of para-hydroxylation sites is 1. The maximum atomic E-state index is 12.3. The summed E-state index contributed by atoms with van der Waals surface area (Å²) in [5.74, 6) is -0.487. The van der Waals surface area contributed by atoms with Crippen molar-refractivity contribution in [2.75, 3.05) is 25.5 Å². The van der Waals surface area contributed by atoms with Crippen LogP contribution in [0.1, 0.15) is 38.5 Å². The van der Waals surface area contributed by atoms with Gasteiger partial charge in [-0.2, -0.15) is 5.26 Å². The van der Waals surface area contributed by atoms with Crippen LogP contribution in [0.25, 0.3) is 0 Å². The highest BCUT2D eigenvalue weighted by Crippen LogP contribution is 2.26. The van der Waals surface area contributed by atoms with E-state index in [1.165, 1.54) is 0 Å². The van der Waals surface area contributed by atoms with Crippen LogP contribution in [-0.2, 0) is 9.59 Å². The Balaban J connectivity index is 1.83. The van der Waals surface area contributed by atoms with Crippen LogP contribution in [-0.4, -0.2) is 42.4 Å². The first-order valence-electron chi connectivity index (χ1n) is 8.89. The Bertz CT molecular complexity index is 678. The van der Waals surface area contributed by atoms with E-state index in [2.05, 4.69) is 16.7 Å². The summed E-state index contributed by atoms with van der Waals surface area (Å²) in [5, 5.41) is 15.6. The van der Waals surface area contributed by atoms with Gasteiger partial charge in [0.2, 0.25) is 11.8 Å². The van der Waals surface area contributed by atoms with Gasteiger partial charge < -0.3 is 10.6 Å². The molecule has 0 aromatic heterocycles. The highest BCUT2D eigenvalue weighted by molar-refractivity contribution is 6.33. The van der Waals surface area contributed by atoms with Crippen molar-refractivity contribution in [1.29, 1.82) is 5.26 Å². The minimum absolute atomic E-state index is 0.0538. The van der Waals surface area contributed by atoms with Gasteiger partial charge in [-0.05, 0) is 32.0 Å². The number of benzene rings is 1. The maximum absolute atomic E-state index is 12.3. The minimum atomic E-state index is -0.770. The molecule has 0 spiro atoms. The first kappa shape index (κ1) is 20.2. The first-order valence-corrected chi connectivity index (χ1v) is 9.27. The Morgan fingerprint density at radius 2 is 1.77 bits per heavy atom. The minimum Gasteiger partial charge on any atom is -0.337 e. The second-order valence-electron chi connectivity index (χ2n) is 6.86. The molecule has 6 nitrogen and oxygen atoms in total. The lowest BCUT2D eigenvalue weighted by Gasteiger charge is -2.27. The zero-order valence-electron chi connectivity index (χ0n) is 15.1. The molecule has 2 N–H and O–H groups in total. The number of nitriles is 1. The number of hydrogen-bond donors (Lipinski definition) is 2. The Hall–Kier alpha value is -2.10. The Morgan fingerprint density at radius 3 is 2.38 bits per heavy atom. The number of halogens is 1. The molecule has 2 rings (SSSR count). The summed E-state index contributed by atoms with van der Waals surface area (Å²) < 4.78 is 0. The molecule has 1 aliphatic rings. The summed E-state index contributed by atoms with van der Waals surface area (Å²) in [5.41, 5.74) is -0.229. The Kier molecular flexibility index (Phi) is 7.43. The summed E-state index contributed by atoms with van der Waals surface area (Å²) in [7, 11) is 1.69. The summed E-state index contributed by atoms with van der Waals surface area (Å²) in [6.45, 7) is 0.109. The Morgan fingerprint density at radius 1 is 1.15 bits per heavy atom. The van der Waals surface area contributed by atoms with E-state index in [0.29, 0.717) is 23.6 Å². The van der Waals surface area contributed by atoms with E-state index in [0.717, 1.165) is 25.7 Å². The lowest BCUT2D eigenvalue weighted by Crippen LogP contribution is -2.50. The fourth-order valence-electron chi connectivity index (χ4n) is 3.20. The van der Waals surface area contributed by atoms with Gasteiger partial charge in [-0.25, -0.2) is 0 Å². The van der Waals surface area contributed by atoms with Crippen LogP contribution in [0.5, 0.6) is 0 Å². The fraction of sp³-hybridized carbons (Fsp3) is 0.526. The van der Waals surface area contributed by atoms with Gasteiger partial charge in [0.05, 0.1) is 29.9 Å². The van der Waals surface area contributed by atoms with Crippen molar-refractivity contribution in [2.45, 2.75) is 44.1 Å². The number of carbonyl (C=O) groups excluding carboxylic acids is 2. The van der Waals surface area contributed by atoms with Gasteiger partial charge >= 0.3 is 0 Å². The number of amides is 2. The van der Waals surface area contributed by atoms with E-state index in [-0.39, 0.29) is 24.9 Å². The highest BCUT2D eigenvalue weighted by atomic mass is 35.5. The van der Waals surface area contributed by atoms with Gasteiger partial charge in [-0.15, -0.1) is 0 Å². The SMILES string of the molecule is CN(CC(=O)Nc1ccccc1Cl)CC(=O)NC1(C#N)CCCCCC1. The molecule has 1 fully saturated rings. The fourth-order valence-corrected chi connectivity index (χ4v) is 3.38. The smallest absolute Gasteiger partial charge is 0.238 e. The van der Waals surface area contributed by atoms with Gasteiger partial charge in [0.15, 0.2) is 0 Å². The van der Waals surface area contributed by atoms with E-state index in [4.69, 9.17) is 11.6 Å². The molecular formula is C19H25ClN4O2. The third kappa shape index (κ3) is 6.01. The van der Waals surface area contributed by atoms with Crippen molar-refractivity contribution in [2.24, 2.45) is 0 Å². The van der Waals surface area contributed by atoms with Crippen LogP contribution >= 0.6 is 11.6 Å². The van der Waals surface area contributed by atoms with E-state index < -0.39 is 5.54 Å². The normalized spacial score (nSPS) is 16.4. The van der Waals surface area contributed by atoms with Gasteiger partial charge in [0, 0.05) is 0 Å². The summed E-state index contributed by atoms with van der Waals surface area (Å²) >= 11 is 6.02. The Labute approximate surface area is 159 Å². The average Bonchev–Trinajstić information content (AvgIpc) is 2.82. The lowest BCUT2D eigenvalue weighted by molar-refractivity contribution is -0.124. The van der Waals surface area contributed by atoms with Crippen LogP contribution in [0.4, 0.5) is 5.69 Å². The van der Waals surface area contributed by atoms with Crippen molar-refractivity contribution < 1.29 is 9.59 Å². The van der Waals surface area contributed by atoms with E-state index >= 15 is 0 Å². The monoisotopic (exact) mass is 376 g/mol. The summed E-state index contributed by atoms with van der Waals surface area (Å²) in [6, 6.07) is 9.28. The molecule has 0 bridgehead atoms. The van der Waals surface area contributed by atoms with Crippen molar-refractivity contribution in [1.82, 2.24) is 10.2 Å². The molecule has 7 heteroatoms. The van der Waals surface area contributed by atoms with E-state index in [1.54, 1.807) is 36.2 Å². The molecule has 1 aromatic rings. The number of nitrogens with one attached hydrogen (secondary N) is 2. The first-order chi connectivity index (χ1) is 12.4. The van der Waals surface area contributed by atoms with Crippen molar-refractivity contribution >= 4 is 29.1 Å². The predicted octanol–water partition coefficient (Wildman–Crippen LogP) is 2.94. The zero-order valence-corrected chi connectivity index (χ0v) is 15.8. The van der Waals surface area contributed by atoms with E-state index in [1.807, 2.05) is 0 Å². The standard InChI is InChI=1S/C19H25ClN4O2/c1-24(12-17(25)22-16-9-5-4-8-15(16)20)13-18(26)23-19(14-21)10-6-2-3-7-11-19/h4-5,8-9H,2-3,6-7,10-13H2,1H3,(H,22,25)(H,23,26). The zero-order chi connectivity index (χ0) is 19.0. The largest absolute Gasteiger partial charge is 0.337 e. The quantitative estimate of drug-likeness (QED) is 0.747. The molecule has 0 heterocycles. The number of anilines is 1. The van der Waals surface area contributed by atoms with Crippen LogP contribution in [0.3, 0.4) is 0 Å². The van der Waals surface area contributed by atoms with Crippen LogP contribution < -0.4 is 10.6 Å². The van der Waals surface area contributed by atoms with Crippen molar-refractivity contribution in [3.05, 3.63) is 29.3 Å². The number of nitrogens with zero attached hydrogens (tertiary/aromatic N) is 2. The van der Waals surface area contributed by atoms with Gasteiger partial charge in [-0.1, -0.05) is 49.4 Å². The number of hydrogen-bond acceptors (Lipinski definition) is 4. The van der Waals surface area contributed by atoms with Gasteiger partial charge in [0.1, 0.15) is 5.54 Å². The molecule has 0 unspecified atom stereocenters. The maximum Gasteiger partial charge on any atom is 0.238 e. The lowest BCUT2D eigenvalue weighted by atomic mass is 9.92. The number of likely N-dealkylation sites (N-methyl/N-ethyl adjacent to an activating group) is 1. The molecular weight excluding hydrogens is 352 g/mol. The highest BCUT2D eigenvalue weighted by Gasteiger charge is 2.32. The summed E-state index contributed by atoms with van der Waals surface area (Å²) in [6.07, 6.45) is 5.47. The molecule has 1 aliphatic carbocycles. The second-order valence-corrected chi connectivity index (χ2v) is 7.26. The molecule has 0 saturated heterocycles. The number of rotatable bonds is 6. The predicted molar refractivity (Wildman–Crippen MR) is 102 cm³/mol. The average molecular weight is 377 g/mol. The molecule has 1 aromatic carbocycles. The molecule has 0 atom stereocenters.